The van der Waals surface area contributed by atoms with Gasteiger partial charge in [0.05, 0.1) is 0 Å². The van der Waals surface area contributed by atoms with Gasteiger partial charge in [-0.2, -0.15) is 0 Å². The summed E-state index contributed by atoms with van der Waals surface area (Å²) in [6, 6.07) is -0.424. The molecule has 0 aromatic heterocycles. The third kappa shape index (κ3) is 3.59. The van der Waals surface area contributed by atoms with Crippen LogP contribution in [-0.2, 0) is 20.4 Å². The van der Waals surface area contributed by atoms with Gasteiger partial charge in [0.2, 0.25) is 11.8 Å². The van der Waals surface area contributed by atoms with Gasteiger partial charge in [-0.1, -0.05) is 20.8 Å². The third-order valence-electron chi connectivity index (χ3n) is 3.91. The molecule has 0 bridgehead atoms. The summed E-state index contributed by atoms with van der Waals surface area (Å²) in [5.74, 6) is 0.508. The number of nitrogens with one attached hydrogen (secondary N) is 1. The average Bonchev–Trinajstić information content (AvgIpc) is 2.34. The zero-order chi connectivity index (χ0) is 15.5. The van der Waals surface area contributed by atoms with Crippen LogP contribution in [0.15, 0.2) is 0 Å². The van der Waals surface area contributed by atoms with Crippen LogP contribution < -0.4 is 5.32 Å². The molecule has 1 aliphatic rings. The van der Waals surface area contributed by atoms with Crippen molar-refractivity contribution in [2.75, 3.05) is 18.6 Å². The van der Waals surface area contributed by atoms with Crippen molar-refractivity contribution in [1.82, 2.24) is 10.2 Å². The summed E-state index contributed by atoms with van der Waals surface area (Å²) in [6.45, 7) is 8.04. The van der Waals surface area contributed by atoms with E-state index in [4.69, 9.17) is 0 Å². The predicted molar refractivity (Wildman–Crippen MR) is 80.7 cm³/mol. The third-order valence-corrected chi connectivity index (χ3v) is 4.77. The lowest BCUT2D eigenvalue weighted by Gasteiger charge is -2.45. The summed E-state index contributed by atoms with van der Waals surface area (Å²) >= 11 is 0. The largest absolute Gasteiger partial charge is 0.340 e. The fourth-order valence-electron chi connectivity index (χ4n) is 2.57. The number of carbonyl (C=O) groups excluding carboxylic acids is 2. The molecule has 20 heavy (non-hydrogen) atoms. The highest BCUT2D eigenvalue weighted by Gasteiger charge is 2.47. The first-order valence-corrected chi connectivity index (χ1v) is 8.88. The van der Waals surface area contributed by atoms with Gasteiger partial charge in [0.1, 0.15) is 11.6 Å². The summed E-state index contributed by atoms with van der Waals surface area (Å²) < 4.78 is 11.2. The Morgan fingerprint density at radius 1 is 1.40 bits per heavy atom. The number of hydrogen-bond donors (Lipinski definition) is 1. The second kappa shape index (κ2) is 6.70. The lowest BCUT2D eigenvalue weighted by Crippen LogP contribution is -2.70. The van der Waals surface area contributed by atoms with Crippen molar-refractivity contribution in [2.45, 2.75) is 52.1 Å². The van der Waals surface area contributed by atoms with E-state index in [0.717, 1.165) is 0 Å². The quantitative estimate of drug-likeness (QED) is 0.793. The zero-order valence-corrected chi connectivity index (χ0v) is 13.9. The Hall–Kier alpha value is -0.910. The fraction of sp³-hybridized carbons (Fsp3) is 0.857. The van der Waals surface area contributed by atoms with Gasteiger partial charge >= 0.3 is 0 Å². The first kappa shape index (κ1) is 17.1. The number of piperazine rings is 1. The van der Waals surface area contributed by atoms with E-state index < -0.39 is 22.4 Å². The maximum atomic E-state index is 12.6. The molecule has 3 unspecified atom stereocenters. The maximum Gasteiger partial charge on any atom is 0.248 e. The molecule has 1 saturated heterocycles. The second-order valence-corrected chi connectivity index (χ2v) is 7.55. The van der Waals surface area contributed by atoms with E-state index in [1.165, 1.54) is 0 Å². The first-order valence-electron chi connectivity index (χ1n) is 7.16. The molecule has 0 aromatic carbocycles. The maximum absolute atomic E-state index is 12.6. The topological polar surface area (TPSA) is 66.5 Å². The number of nitrogens with zero attached hydrogens (tertiary/aromatic N) is 1. The molecular weight excluding hydrogens is 276 g/mol. The van der Waals surface area contributed by atoms with Crippen LogP contribution in [0.5, 0.6) is 0 Å². The molecule has 0 spiro atoms. The first-order chi connectivity index (χ1) is 9.23. The lowest BCUT2D eigenvalue weighted by molar-refractivity contribution is -0.156. The molecule has 1 fully saturated rings. The van der Waals surface area contributed by atoms with Crippen LogP contribution in [0.4, 0.5) is 0 Å². The van der Waals surface area contributed by atoms with Crippen LogP contribution in [0.1, 0.15) is 40.5 Å². The van der Waals surface area contributed by atoms with Gasteiger partial charge < -0.3 is 10.2 Å². The van der Waals surface area contributed by atoms with Gasteiger partial charge in [0.25, 0.3) is 0 Å². The molecule has 1 rings (SSSR count). The van der Waals surface area contributed by atoms with E-state index >= 15 is 0 Å². The second-order valence-electron chi connectivity index (χ2n) is 5.99. The van der Waals surface area contributed by atoms with Gasteiger partial charge in [-0.05, 0) is 25.7 Å². The van der Waals surface area contributed by atoms with E-state index in [1.807, 2.05) is 20.8 Å². The molecular formula is C14H26N2O3S. The highest BCUT2D eigenvalue weighted by molar-refractivity contribution is 7.84. The van der Waals surface area contributed by atoms with Gasteiger partial charge in [0.15, 0.2) is 0 Å². The fourth-order valence-corrected chi connectivity index (χ4v) is 3.10. The molecule has 0 radical (unpaired) electrons. The number of carbonyl (C=O) groups is 2. The summed E-state index contributed by atoms with van der Waals surface area (Å²) in [4.78, 5) is 26.6. The number of amides is 2. The smallest absolute Gasteiger partial charge is 0.248 e. The van der Waals surface area contributed by atoms with Crippen molar-refractivity contribution < 1.29 is 13.8 Å². The van der Waals surface area contributed by atoms with Crippen molar-refractivity contribution in [2.24, 2.45) is 5.92 Å². The molecule has 1 aliphatic heterocycles. The molecule has 5 nitrogen and oxygen atoms in total. The van der Waals surface area contributed by atoms with Gasteiger partial charge in [-0.25, -0.2) is 0 Å². The Kier molecular flexibility index (Phi) is 5.74. The minimum Gasteiger partial charge on any atom is -0.340 e. The Bertz CT molecular complexity index is 411. The van der Waals surface area contributed by atoms with Gasteiger partial charge in [0, 0.05) is 29.4 Å². The Balaban J connectivity index is 2.93. The Labute approximate surface area is 123 Å². The van der Waals surface area contributed by atoms with E-state index in [-0.39, 0.29) is 17.7 Å². The van der Waals surface area contributed by atoms with E-state index in [2.05, 4.69) is 5.32 Å². The van der Waals surface area contributed by atoms with Crippen molar-refractivity contribution >= 4 is 22.6 Å². The minimum absolute atomic E-state index is 0.0276. The summed E-state index contributed by atoms with van der Waals surface area (Å²) in [5.41, 5.74) is -0.812. The van der Waals surface area contributed by atoms with Crippen LogP contribution in [-0.4, -0.2) is 51.1 Å². The molecule has 1 N–H and O–H groups in total. The summed E-state index contributed by atoms with van der Waals surface area (Å²) in [5, 5.41) is 2.86. The SMILES string of the molecule is CCC1(C)NC(=O)C(C(C)C)N(CCCS(C)=O)C1=O. The Morgan fingerprint density at radius 2 is 2.00 bits per heavy atom. The van der Waals surface area contributed by atoms with Crippen LogP contribution >= 0.6 is 0 Å². The van der Waals surface area contributed by atoms with Crippen molar-refractivity contribution in [1.29, 1.82) is 0 Å². The molecule has 116 valence electrons. The van der Waals surface area contributed by atoms with E-state index in [9.17, 15) is 13.8 Å². The molecule has 6 heteroatoms. The van der Waals surface area contributed by atoms with Crippen LogP contribution in [0.2, 0.25) is 0 Å². The molecule has 2 amide bonds. The zero-order valence-electron chi connectivity index (χ0n) is 13.1. The van der Waals surface area contributed by atoms with Gasteiger partial charge in [-0.15, -0.1) is 0 Å². The molecule has 3 atom stereocenters. The van der Waals surface area contributed by atoms with Crippen LogP contribution in [0.25, 0.3) is 0 Å². The monoisotopic (exact) mass is 302 g/mol. The number of hydrogen-bond acceptors (Lipinski definition) is 3. The van der Waals surface area contributed by atoms with Crippen molar-refractivity contribution in [3.63, 3.8) is 0 Å². The summed E-state index contributed by atoms with van der Waals surface area (Å²) in [6.07, 6.45) is 2.88. The predicted octanol–water partition coefficient (Wildman–Crippen LogP) is 0.907. The molecule has 1 heterocycles. The summed E-state index contributed by atoms with van der Waals surface area (Å²) in [7, 11) is -0.871. The number of rotatable bonds is 6. The van der Waals surface area contributed by atoms with Crippen molar-refractivity contribution in [3.8, 4) is 0 Å². The van der Waals surface area contributed by atoms with Crippen molar-refractivity contribution in [3.05, 3.63) is 0 Å². The average molecular weight is 302 g/mol. The highest BCUT2D eigenvalue weighted by atomic mass is 32.2. The molecule has 0 aliphatic carbocycles. The molecule has 0 saturated carbocycles. The Morgan fingerprint density at radius 3 is 2.45 bits per heavy atom. The van der Waals surface area contributed by atoms with Crippen LogP contribution in [0, 0.1) is 5.92 Å². The minimum atomic E-state index is -0.871. The lowest BCUT2D eigenvalue weighted by atomic mass is 9.88. The van der Waals surface area contributed by atoms with E-state index in [0.29, 0.717) is 25.1 Å². The normalized spacial score (nSPS) is 28.7. The van der Waals surface area contributed by atoms with E-state index in [1.54, 1.807) is 18.1 Å². The highest BCUT2D eigenvalue weighted by Crippen LogP contribution is 2.25. The van der Waals surface area contributed by atoms with Gasteiger partial charge in [-0.3, -0.25) is 13.8 Å². The molecule has 0 aromatic rings. The standard InChI is InChI=1S/C14H26N2O3S/c1-6-14(4)13(18)16(8-7-9-20(5)19)11(10(2)3)12(17)15-14/h10-11H,6-9H2,1-5H3,(H,15,17). The van der Waals surface area contributed by atoms with Crippen LogP contribution in [0.3, 0.4) is 0 Å².